The lowest BCUT2D eigenvalue weighted by atomic mass is 9.86. The molecule has 2 amide bonds. The fourth-order valence-electron chi connectivity index (χ4n) is 3.92. The number of rotatable bonds is 2. The number of carbonyl (C=O) groups is 2. The van der Waals surface area contributed by atoms with E-state index in [9.17, 15) is 9.59 Å². The van der Waals surface area contributed by atoms with Gasteiger partial charge in [0.1, 0.15) is 0 Å². The van der Waals surface area contributed by atoms with E-state index in [0.717, 1.165) is 17.5 Å². The highest BCUT2D eigenvalue weighted by Gasteiger charge is 2.49. The van der Waals surface area contributed by atoms with Gasteiger partial charge in [-0.2, -0.15) is 0 Å². The van der Waals surface area contributed by atoms with Gasteiger partial charge in [-0.25, -0.2) is 4.98 Å². The zero-order chi connectivity index (χ0) is 18.6. The zero-order valence-corrected chi connectivity index (χ0v) is 15.4. The van der Waals surface area contributed by atoms with Crippen LogP contribution in [0, 0.1) is 5.41 Å². The predicted octanol–water partition coefficient (Wildman–Crippen LogP) is 1.36. The van der Waals surface area contributed by atoms with Gasteiger partial charge in [-0.15, -0.1) is 0 Å². The molecule has 2 aromatic rings. The summed E-state index contributed by atoms with van der Waals surface area (Å²) in [5.74, 6) is 0.254. The third-order valence-corrected chi connectivity index (χ3v) is 5.58. The van der Waals surface area contributed by atoms with Crippen LogP contribution in [0.2, 0.25) is 0 Å². The molecule has 4 rings (SSSR count). The van der Waals surface area contributed by atoms with E-state index in [0.29, 0.717) is 18.9 Å². The number of nitrogens with two attached hydrogens (primary N) is 1. The second-order valence-electron chi connectivity index (χ2n) is 8.44. The standard InChI is InChI=1S/C19H25N5O2/c1-19(2,3)15(20)17(25)23-9-12-8-11(23)10-24(12)18(26)16-21-13-6-4-5-7-14(13)22-16/h4-7,11-12,15H,8-10,20H2,1-3H3,(H,21,22)/t11-,12-,15+/m0/s1. The number of hydrogen-bond acceptors (Lipinski definition) is 4. The van der Waals surface area contributed by atoms with Crippen LogP contribution >= 0.6 is 0 Å². The fourth-order valence-corrected chi connectivity index (χ4v) is 3.92. The summed E-state index contributed by atoms with van der Waals surface area (Å²) < 4.78 is 0. The lowest BCUT2D eigenvalue weighted by Gasteiger charge is -2.37. The molecule has 2 fully saturated rings. The summed E-state index contributed by atoms with van der Waals surface area (Å²) in [4.78, 5) is 36.8. The number of piperazine rings is 1. The second kappa shape index (κ2) is 5.81. The van der Waals surface area contributed by atoms with Crippen LogP contribution in [-0.2, 0) is 4.79 Å². The van der Waals surface area contributed by atoms with Gasteiger partial charge < -0.3 is 20.5 Å². The van der Waals surface area contributed by atoms with Crippen LogP contribution in [0.15, 0.2) is 24.3 Å². The number of carbonyl (C=O) groups excluding carboxylic acids is 2. The van der Waals surface area contributed by atoms with Crippen molar-refractivity contribution in [2.45, 2.75) is 45.3 Å². The van der Waals surface area contributed by atoms with Gasteiger partial charge in [0.05, 0.1) is 29.2 Å². The minimum Gasteiger partial charge on any atom is -0.334 e. The van der Waals surface area contributed by atoms with Crippen LogP contribution in [0.5, 0.6) is 0 Å². The first kappa shape index (κ1) is 17.0. The van der Waals surface area contributed by atoms with E-state index >= 15 is 0 Å². The number of fused-ring (bicyclic) bond motifs is 3. The fraction of sp³-hybridized carbons (Fsp3) is 0.526. The normalized spacial score (nSPS) is 23.7. The third kappa shape index (κ3) is 2.67. The maximum atomic E-state index is 12.9. The van der Waals surface area contributed by atoms with Crippen LogP contribution < -0.4 is 5.73 Å². The predicted molar refractivity (Wildman–Crippen MR) is 98.5 cm³/mol. The monoisotopic (exact) mass is 355 g/mol. The topological polar surface area (TPSA) is 95.3 Å². The number of likely N-dealkylation sites (tertiary alicyclic amines) is 2. The van der Waals surface area contributed by atoms with Crippen LogP contribution in [-0.4, -0.2) is 62.8 Å². The van der Waals surface area contributed by atoms with Gasteiger partial charge in [0.15, 0.2) is 5.82 Å². The number of imidazole rings is 1. The number of amides is 2. The molecule has 7 nitrogen and oxygen atoms in total. The second-order valence-corrected chi connectivity index (χ2v) is 8.44. The van der Waals surface area contributed by atoms with Crippen molar-refractivity contribution in [1.82, 2.24) is 19.8 Å². The first-order valence-electron chi connectivity index (χ1n) is 9.07. The van der Waals surface area contributed by atoms with Gasteiger partial charge in [-0.05, 0) is 24.0 Å². The molecule has 0 unspecified atom stereocenters. The Kier molecular flexibility index (Phi) is 3.80. The Hall–Kier alpha value is -2.41. The van der Waals surface area contributed by atoms with Crippen molar-refractivity contribution >= 4 is 22.8 Å². The summed E-state index contributed by atoms with van der Waals surface area (Å²) in [5, 5.41) is 0. The van der Waals surface area contributed by atoms with Crippen molar-refractivity contribution in [3.63, 3.8) is 0 Å². The average Bonchev–Trinajstić information content (AvgIpc) is 3.31. The summed E-state index contributed by atoms with van der Waals surface area (Å²) in [6, 6.07) is 7.16. The molecule has 3 N–H and O–H groups in total. The van der Waals surface area contributed by atoms with E-state index in [1.807, 2.05) is 54.8 Å². The van der Waals surface area contributed by atoms with Crippen molar-refractivity contribution < 1.29 is 9.59 Å². The maximum absolute atomic E-state index is 12.9. The third-order valence-electron chi connectivity index (χ3n) is 5.58. The Morgan fingerprint density at radius 1 is 1.19 bits per heavy atom. The number of nitrogens with one attached hydrogen (secondary N) is 1. The van der Waals surface area contributed by atoms with Crippen molar-refractivity contribution in [1.29, 1.82) is 0 Å². The highest BCUT2D eigenvalue weighted by molar-refractivity contribution is 5.95. The molecule has 3 atom stereocenters. The van der Waals surface area contributed by atoms with E-state index in [4.69, 9.17) is 5.73 Å². The van der Waals surface area contributed by atoms with Crippen molar-refractivity contribution in [2.24, 2.45) is 11.1 Å². The largest absolute Gasteiger partial charge is 0.334 e. The van der Waals surface area contributed by atoms with Crippen LogP contribution in [0.4, 0.5) is 0 Å². The SMILES string of the molecule is CC(C)(C)[C@H](N)C(=O)N1C[C@@H]2C[C@H]1CN2C(=O)c1nc2ccccc2[nH]1. The zero-order valence-electron chi connectivity index (χ0n) is 15.4. The molecule has 2 aliphatic rings. The van der Waals surface area contributed by atoms with Gasteiger partial charge >= 0.3 is 0 Å². The van der Waals surface area contributed by atoms with E-state index in [1.54, 1.807) is 0 Å². The lowest BCUT2D eigenvalue weighted by Crippen LogP contribution is -2.57. The molecule has 0 aliphatic carbocycles. The number of H-pyrrole nitrogens is 1. The van der Waals surface area contributed by atoms with Crippen molar-refractivity contribution in [3.05, 3.63) is 30.1 Å². The van der Waals surface area contributed by atoms with E-state index < -0.39 is 6.04 Å². The number of benzene rings is 1. The Morgan fingerprint density at radius 2 is 1.85 bits per heavy atom. The molecule has 2 bridgehead atoms. The van der Waals surface area contributed by atoms with Gasteiger partial charge in [0, 0.05) is 13.1 Å². The summed E-state index contributed by atoms with van der Waals surface area (Å²) in [6.07, 6.45) is 0.814. The van der Waals surface area contributed by atoms with Gasteiger partial charge in [0.25, 0.3) is 5.91 Å². The highest BCUT2D eigenvalue weighted by atomic mass is 16.2. The van der Waals surface area contributed by atoms with Crippen LogP contribution in [0.3, 0.4) is 0 Å². The van der Waals surface area contributed by atoms with Crippen LogP contribution in [0.25, 0.3) is 11.0 Å². The Bertz CT molecular complexity index is 835. The van der Waals surface area contributed by atoms with E-state index in [-0.39, 0.29) is 29.3 Å². The maximum Gasteiger partial charge on any atom is 0.290 e. The summed E-state index contributed by atoms with van der Waals surface area (Å²) in [6.45, 7) is 7.02. The minimum atomic E-state index is -0.527. The number of aromatic nitrogens is 2. The lowest BCUT2D eigenvalue weighted by molar-refractivity contribution is -0.137. The molecule has 7 heteroatoms. The van der Waals surface area contributed by atoms with Gasteiger partial charge in [0.2, 0.25) is 5.91 Å². The van der Waals surface area contributed by atoms with E-state index in [1.165, 1.54) is 0 Å². The molecule has 1 aromatic carbocycles. The first-order valence-corrected chi connectivity index (χ1v) is 9.07. The smallest absolute Gasteiger partial charge is 0.290 e. The number of para-hydroxylation sites is 2. The molecule has 2 saturated heterocycles. The molecule has 1 aromatic heterocycles. The molecule has 2 aliphatic heterocycles. The van der Waals surface area contributed by atoms with Crippen molar-refractivity contribution in [3.8, 4) is 0 Å². The van der Waals surface area contributed by atoms with E-state index in [2.05, 4.69) is 9.97 Å². The molecule has 0 spiro atoms. The summed E-state index contributed by atoms with van der Waals surface area (Å²) in [7, 11) is 0. The first-order chi connectivity index (χ1) is 12.3. The van der Waals surface area contributed by atoms with Crippen molar-refractivity contribution in [2.75, 3.05) is 13.1 Å². The average molecular weight is 355 g/mol. The van der Waals surface area contributed by atoms with Crippen LogP contribution in [0.1, 0.15) is 37.8 Å². The molecule has 3 heterocycles. The Labute approximate surface area is 152 Å². The number of hydrogen-bond donors (Lipinski definition) is 2. The number of nitrogens with zero attached hydrogens (tertiary/aromatic N) is 3. The highest BCUT2D eigenvalue weighted by Crippen LogP contribution is 2.33. The summed E-state index contributed by atoms with van der Waals surface area (Å²) >= 11 is 0. The van der Waals surface area contributed by atoms with Gasteiger partial charge in [-0.1, -0.05) is 32.9 Å². The summed E-state index contributed by atoms with van der Waals surface area (Å²) in [5.41, 5.74) is 7.51. The Balaban J connectivity index is 1.48. The molecule has 0 saturated carbocycles. The molecular formula is C19H25N5O2. The molecule has 138 valence electrons. The van der Waals surface area contributed by atoms with Gasteiger partial charge in [-0.3, -0.25) is 9.59 Å². The minimum absolute atomic E-state index is 0.0131. The molecule has 0 radical (unpaired) electrons. The number of aromatic amines is 1. The molecular weight excluding hydrogens is 330 g/mol. The Morgan fingerprint density at radius 3 is 2.46 bits per heavy atom. The molecule has 26 heavy (non-hydrogen) atoms. The quantitative estimate of drug-likeness (QED) is 0.850.